The number of ether oxygens (including phenoxy) is 1. The zero-order valence-electron chi connectivity index (χ0n) is 11.8. The molecule has 112 valence electrons. The van der Waals surface area contributed by atoms with Crippen LogP contribution in [0.5, 0.6) is 5.75 Å². The van der Waals surface area contributed by atoms with Crippen molar-refractivity contribution < 1.29 is 13.2 Å². The van der Waals surface area contributed by atoms with Gasteiger partial charge in [-0.05, 0) is 38.0 Å². The minimum atomic E-state index is -3.40. The van der Waals surface area contributed by atoms with Gasteiger partial charge in [-0.3, -0.25) is 0 Å². The van der Waals surface area contributed by atoms with E-state index in [-0.39, 0.29) is 6.54 Å². The van der Waals surface area contributed by atoms with Crippen LogP contribution in [0.1, 0.15) is 31.7 Å². The molecular weight excluding hydrogens is 276 g/mol. The Morgan fingerprint density at radius 1 is 1.25 bits per heavy atom. The highest BCUT2D eigenvalue weighted by Crippen LogP contribution is 2.26. The van der Waals surface area contributed by atoms with Gasteiger partial charge >= 0.3 is 0 Å². The first-order valence-electron chi connectivity index (χ1n) is 7.05. The fraction of sp³-hybridized carbons (Fsp3) is 0.571. The number of sulfonamides is 1. The minimum absolute atomic E-state index is 0.263. The Balaban J connectivity index is 2.31. The van der Waals surface area contributed by atoms with Crippen molar-refractivity contribution in [3.8, 4) is 5.75 Å². The molecule has 0 spiro atoms. The molecule has 2 rings (SSSR count). The summed E-state index contributed by atoms with van der Waals surface area (Å²) in [4.78, 5) is 0.309. The van der Waals surface area contributed by atoms with Crippen molar-refractivity contribution in [1.29, 1.82) is 0 Å². The van der Waals surface area contributed by atoms with E-state index in [9.17, 15) is 8.42 Å². The van der Waals surface area contributed by atoms with Gasteiger partial charge in [0, 0.05) is 25.2 Å². The molecule has 1 fully saturated rings. The van der Waals surface area contributed by atoms with E-state index in [1.165, 1.54) is 0 Å². The van der Waals surface area contributed by atoms with Crippen molar-refractivity contribution in [1.82, 2.24) is 4.31 Å². The average molecular weight is 298 g/mol. The number of nitrogens with two attached hydrogens (primary N) is 1. The van der Waals surface area contributed by atoms with Gasteiger partial charge in [0.05, 0.1) is 11.5 Å². The van der Waals surface area contributed by atoms with E-state index >= 15 is 0 Å². The van der Waals surface area contributed by atoms with E-state index in [0.717, 1.165) is 24.8 Å². The topological polar surface area (TPSA) is 72.6 Å². The van der Waals surface area contributed by atoms with Gasteiger partial charge in [-0.25, -0.2) is 8.42 Å². The molecule has 1 aliphatic heterocycles. The molecule has 0 atom stereocenters. The zero-order chi connectivity index (χ0) is 14.6. The third kappa shape index (κ3) is 3.13. The van der Waals surface area contributed by atoms with Crippen LogP contribution in [0.2, 0.25) is 0 Å². The minimum Gasteiger partial charge on any atom is -0.494 e. The first-order valence-corrected chi connectivity index (χ1v) is 8.49. The van der Waals surface area contributed by atoms with Crippen molar-refractivity contribution in [3.05, 3.63) is 23.8 Å². The third-order valence-electron chi connectivity index (χ3n) is 3.50. The molecular formula is C14H22N2O3S. The van der Waals surface area contributed by atoms with Crippen LogP contribution in [0.25, 0.3) is 0 Å². The number of hydrogen-bond acceptors (Lipinski definition) is 4. The molecule has 0 amide bonds. The van der Waals surface area contributed by atoms with E-state index in [0.29, 0.717) is 30.3 Å². The van der Waals surface area contributed by atoms with Crippen LogP contribution in [-0.2, 0) is 16.6 Å². The molecule has 1 heterocycles. The van der Waals surface area contributed by atoms with Crippen molar-refractivity contribution in [2.24, 2.45) is 5.73 Å². The molecule has 2 N–H and O–H groups in total. The molecule has 0 radical (unpaired) electrons. The predicted octanol–water partition coefficient (Wildman–Crippen LogP) is 1.72. The van der Waals surface area contributed by atoms with E-state index < -0.39 is 10.0 Å². The summed E-state index contributed by atoms with van der Waals surface area (Å²) in [6, 6.07) is 4.94. The number of benzene rings is 1. The van der Waals surface area contributed by atoms with Crippen molar-refractivity contribution in [2.75, 3.05) is 19.7 Å². The molecule has 0 saturated carbocycles. The lowest BCUT2D eigenvalue weighted by Gasteiger charge is -2.26. The summed E-state index contributed by atoms with van der Waals surface area (Å²) in [5.74, 6) is 0.660. The SMILES string of the molecule is CCOc1ccc(S(=O)(=O)N2CCCCC2)cc1CN. The lowest BCUT2D eigenvalue weighted by Crippen LogP contribution is -2.35. The van der Waals surface area contributed by atoms with Gasteiger partial charge in [0.2, 0.25) is 10.0 Å². The Morgan fingerprint density at radius 3 is 2.55 bits per heavy atom. The smallest absolute Gasteiger partial charge is 0.243 e. The highest BCUT2D eigenvalue weighted by molar-refractivity contribution is 7.89. The van der Waals surface area contributed by atoms with Gasteiger partial charge in [-0.15, -0.1) is 0 Å². The van der Waals surface area contributed by atoms with Crippen LogP contribution in [0, 0.1) is 0 Å². The van der Waals surface area contributed by atoms with Gasteiger partial charge < -0.3 is 10.5 Å². The third-order valence-corrected chi connectivity index (χ3v) is 5.40. The molecule has 0 aliphatic carbocycles. The summed E-state index contributed by atoms with van der Waals surface area (Å²) in [6.45, 7) is 3.89. The number of nitrogens with zero attached hydrogens (tertiary/aromatic N) is 1. The standard InChI is InChI=1S/C14H22N2O3S/c1-2-19-14-7-6-13(10-12(14)11-15)20(17,18)16-8-4-3-5-9-16/h6-7,10H,2-5,8-9,11,15H2,1H3. The Kier molecular flexibility index (Phi) is 5.01. The highest BCUT2D eigenvalue weighted by Gasteiger charge is 2.26. The average Bonchev–Trinajstić information content (AvgIpc) is 2.48. The van der Waals surface area contributed by atoms with Crippen LogP contribution in [0.15, 0.2) is 23.1 Å². The Morgan fingerprint density at radius 2 is 1.95 bits per heavy atom. The molecule has 1 aromatic carbocycles. The fourth-order valence-electron chi connectivity index (χ4n) is 2.43. The number of piperidine rings is 1. The molecule has 1 saturated heterocycles. The quantitative estimate of drug-likeness (QED) is 0.898. The van der Waals surface area contributed by atoms with Crippen LogP contribution >= 0.6 is 0 Å². The lowest BCUT2D eigenvalue weighted by molar-refractivity contribution is 0.335. The summed E-state index contributed by atoms with van der Waals surface area (Å²) in [7, 11) is -3.40. The Hall–Kier alpha value is -1.11. The Bertz CT molecular complexity index is 552. The fourth-order valence-corrected chi connectivity index (χ4v) is 3.99. The number of rotatable bonds is 5. The monoisotopic (exact) mass is 298 g/mol. The molecule has 1 aromatic rings. The van der Waals surface area contributed by atoms with E-state index in [1.807, 2.05) is 6.92 Å². The second kappa shape index (κ2) is 6.56. The van der Waals surface area contributed by atoms with E-state index in [4.69, 9.17) is 10.5 Å². The summed E-state index contributed by atoms with van der Waals surface area (Å²) < 4.78 is 32.2. The van der Waals surface area contributed by atoms with E-state index in [1.54, 1.807) is 22.5 Å². The second-order valence-electron chi connectivity index (χ2n) is 4.87. The summed E-state index contributed by atoms with van der Waals surface area (Å²) in [5.41, 5.74) is 6.41. The van der Waals surface area contributed by atoms with Gasteiger partial charge in [-0.2, -0.15) is 4.31 Å². The van der Waals surface area contributed by atoms with Crippen LogP contribution < -0.4 is 10.5 Å². The molecule has 6 heteroatoms. The van der Waals surface area contributed by atoms with Gasteiger partial charge in [0.1, 0.15) is 5.75 Å². The summed E-state index contributed by atoms with van der Waals surface area (Å²) in [5, 5.41) is 0. The maximum Gasteiger partial charge on any atom is 0.243 e. The molecule has 0 unspecified atom stereocenters. The van der Waals surface area contributed by atoms with Crippen molar-refractivity contribution >= 4 is 10.0 Å². The molecule has 1 aliphatic rings. The van der Waals surface area contributed by atoms with Crippen LogP contribution in [-0.4, -0.2) is 32.4 Å². The zero-order valence-corrected chi connectivity index (χ0v) is 12.7. The largest absolute Gasteiger partial charge is 0.494 e. The predicted molar refractivity (Wildman–Crippen MR) is 78.1 cm³/mol. The first-order chi connectivity index (χ1) is 9.59. The maximum absolute atomic E-state index is 12.6. The van der Waals surface area contributed by atoms with Gasteiger partial charge in [0.25, 0.3) is 0 Å². The maximum atomic E-state index is 12.6. The number of hydrogen-bond donors (Lipinski definition) is 1. The summed E-state index contributed by atoms with van der Waals surface area (Å²) >= 11 is 0. The first kappa shape index (κ1) is 15.3. The summed E-state index contributed by atoms with van der Waals surface area (Å²) in [6.07, 6.45) is 2.96. The molecule has 0 bridgehead atoms. The van der Waals surface area contributed by atoms with Crippen LogP contribution in [0.3, 0.4) is 0 Å². The molecule has 0 aromatic heterocycles. The molecule has 5 nitrogen and oxygen atoms in total. The van der Waals surface area contributed by atoms with Gasteiger partial charge in [-0.1, -0.05) is 6.42 Å². The highest BCUT2D eigenvalue weighted by atomic mass is 32.2. The van der Waals surface area contributed by atoms with Crippen molar-refractivity contribution in [3.63, 3.8) is 0 Å². The Labute approximate surface area is 120 Å². The van der Waals surface area contributed by atoms with Crippen LogP contribution in [0.4, 0.5) is 0 Å². The lowest BCUT2D eigenvalue weighted by atomic mass is 10.2. The van der Waals surface area contributed by atoms with E-state index in [2.05, 4.69) is 0 Å². The molecule has 20 heavy (non-hydrogen) atoms. The van der Waals surface area contributed by atoms with Crippen molar-refractivity contribution in [2.45, 2.75) is 37.6 Å². The second-order valence-corrected chi connectivity index (χ2v) is 6.81. The van der Waals surface area contributed by atoms with Gasteiger partial charge in [0.15, 0.2) is 0 Å². The normalized spacial score (nSPS) is 17.1.